The van der Waals surface area contributed by atoms with Gasteiger partial charge < -0.3 is 25.0 Å². The normalized spacial score (nSPS) is 12.7. The maximum atomic E-state index is 12.3. The van der Waals surface area contributed by atoms with E-state index in [0.29, 0.717) is 17.9 Å². The second-order valence-electron chi connectivity index (χ2n) is 6.74. The molecule has 8 heteroatoms. The minimum absolute atomic E-state index is 0.0931. The summed E-state index contributed by atoms with van der Waals surface area (Å²) in [6.07, 6.45) is -1.02. The van der Waals surface area contributed by atoms with E-state index in [9.17, 15) is 19.8 Å². The average molecular weight is 402 g/mol. The minimum Gasteiger partial charge on any atom is -0.491 e. The van der Waals surface area contributed by atoms with Gasteiger partial charge in [0.2, 0.25) is 0 Å². The van der Waals surface area contributed by atoms with Crippen LogP contribution in [0.2, 0.25) is 0 Å². The molecule has 0 spiro atoms. The molecular weight excluding hydrogens is 376 g/mol. The smallest absolute Gasteiger partial charge is 0.338 e. The number of ether oxygens (including phenoxy) is 2. The van der Waals surface area contributed by atoms with E-state index in [0.717, 1.165) is 5.56 Å². The number of hydrogen-bond acceptors (Lipinski definition) is 7. The third-order valence-corrected chi connectivity index (χ3v) is 3.80. The Morgan fingerprint density at radius 2 is 1.83 bits per heavy atom. The van der Waals surface area contributed by atoms with Crippen LogP contribution in [-0.4, -0.2) is 59.5 Å². The molecular formula is C21H26N2O6. The number of amides is 1. The first kappa shape index (κ1) is 22.3. The van der Waals surface area contributed by atoms with Gasteiger partial charge in [-0.3, -0.25) is 4.79 Å². The predicted octanol–water partition coefficient (Wildman–Crippen LogP) is 1.33. The molecule has 3 N–H and O–H groups in total. The third-order valence-electron chi connectivity index (χ3n) is 3.80. The van der Waals surface area contributed by atoms with Crippen LogP contribution in [-0.2, 0) is 11.2 Å². The topological polar surface area (TPSA) is 118 Å². The van der Waals surface area contributed by atoms with Gasteiger partial charge in [-0.2, -0.15) is 0 Å². The summed E-state index contributed by atoms with van der Waals surface area (Å²) in [4.78, 5) is 28.7. The number of aliphatic hydroxyl groups is 2. The van der Waals surface area contributed by atoms with E-state index in [1.807, 2.05) is 18.2 Å². The first-order valence-electron chi connectivity index (χ1n) is 9.26. The van der Waals surface area contributed by atoms with Crippen LogP contribution < -0.4 is 10.1 Å². The van der Waals surface area contributed by atoms with Crippen LogP contribution in [0.25, 0.3) is 0 Å². The average Bonchev–Trinajstić information content (AvgIpc) is 2.69. The molecule has 2 unspecified atom stereocenters. The Morgan fingerprint density at radius 1 is 1.10 bits per heavy atom. The Morgan fingerprint density at radius 3 is 2.48 bits per heavy atom. The van der Waals surface area contributed by atoms with E-state index in [-0.39, 0.29) is 24.5 Å². The van der Waals surface area contributed by atoms with E-state index < -0.39 is 24.1 Å². The molecule has 8 nitrogen and oxygen atoms in total. The molecule has 1 heterocycles. The predicted molar refractivity (Wildman–Crippen MR) is 106 cm³/mol. The Balaban J connectivity index is 2.27. The van der Waals surface area contributed by atoms with Crippen molar-refractivity contribution in [3.63, 3.8) is 0 Å². The Bertz CT molecular complexity index is 851. The molecule has 29 heavy (non-hydrogen) atoms. The van der Waals surface area contributed by atoms with E-state index in [1.54, 1.807) is 19.1 Å². The fourth-order valence-corrected chi connectivity index (χ4v) is 2.49. The maximum absolute atomic E-state index is 12.3. The summed E-state index contributed by atoms with van der Waals surface area (Å²) in [5.41, 5.74) is 1.63. The van der Waals surface area contributed by atoms with Crippen molar-refractivity contribution in [1.29, 1.82) is 0 Å². The number of nitrogens with zero attached hydrogens (tertiary/aromatic N) is 1. The van der Waals surface area contributed by atoms with Crippen LogP contribution >= 0.6 is 0 Å². The number of carbonyl (C=O) groups excluding carboxylic acids is 2. The summed E-state index contributed by atoms with van der Waals surface area (Å²) >= 11 is 0. The zero-order valence-corrected chi connectivity index (χ0v) is 16.7. The summed E-state index contributed by atoms with van der Waals surface area (Å²) in [5, 5.41) is 21.1. The standard InChI is InChI=1S/C21H26N2O6/c1-13(24)11-28-18-6-4-5-15(8-18)7-17-9-16(21(27)29-12-14(2)25)10-19(23-17)20(26)22-3/h4-6,8-10,13-14,24-25H,7,11-12H2,1-3H3,(H,22,26). The van der Waals surface area contributed by atoms with Gasteiger partial charge in [-0.05, 0) is 43.7 Å². The van der Waals surface area contributed by atoms with E-state index in [1.165, 1.54) is 20.0 Å². The summed E-state index contributed by atoms with van der Waals surface area (Å²) in [6.45, 7) is 3.17. The van der Waals surface area contributed by atoms with E-state index in [4.69, 9.17) is 9.47 Å². The molecule has 0 aliphatic heterocycles. The van der Waals surface area contributed by atoms with Gasteiger partial charge in [0, 0.05) is 19.2 Å². The minimum atomic E-state index is -0.789. The molecule has 2 rings (SSSR count). The van der Waals surface area contributed by atoms with Gasteiger partial charge in [-0.25, -0.2) is 9.78 Å². The second kappa shape index (κ2) is 10.5. The van der Waals surface area contributed by atoms with Gasteiger partial charge in [0.15, 0.2) is 0 Å². The Kier molecular flexibility index (Phi) is 8.11. The molecule has 2 aromatic rings. The van der Waals surface area contributed by atoms with Crippen molar-refractivity contribution in [3.8, 4) is 5.75 Å². The maximum Gasteiger partial charge on any atom is 0.338 e. The molecule has 0 saturated carbocycles. The third kappa shape index (κ3) is 7.17. The van der Waals surface area contributed by atoms with Crippen molar-refractivity contribution in [2.75, 3.05) is 20.3 Å². The van der Waals surface area contributed by atoms with Gasteiger partial charge in [0.25, 0.3) is 5.91 Å². The van der Waals surface area contributed by atoms with Gasteiger partial charge in [0.05, 0.1) is 17.8 Å². The number of pyridine rings is 1. The van der Waals surface area contributed by atoms with Crippen molar-refractivity contribution in [2.45, 2.75) is 32.5 Å². The van der Waals surface area contributed by atoms with E-state index in [2.05, 4.69) is 10.3 Å². The zero-order chi connectivity index (χ0) is 21.4. The van der Waals surface area contributed by atoms with Gasteiger partial charge in [-0.15, -0.1) is 0 Å². The summed E-state index contributed by atoms with van der Waals surface area (Å²) in [6, 6.07) is 10.2. The highest BCUT2D eigenvalue weighted by Crippen LogP contribution is 2.18. The molecule has 0 aliphatic rings. The van der Waals surface area contributed by atoms with Gasteiger partial charge >= 0.3 is 5.97 Å². The largest absolute Gasteiger partial charge is 0.491 e. The van der Waals surface area contributed by atoms with Crippen molar-refractivity contribution in [3.05, 3.63) is 58.9 Å². The quantitative estimate of drug-likeness (QED) is 0.542. The Hall–Kier alpha value is -2.97. The number of carbonyl (C=O) groups is 2. The molecule has 0 bridgehead atoms. The number of hydrogen-bond donors (Lipinski definition) is 3. The van der Waals surface area contributed by atoms with Crippen LogP contribution in [0.15, 0.2) is 36.4 Å². The lowest BCUT2D eigenvalue weighted by molar-refractivity contribution is 0.0296. The number of aromatic nitrogens is 1. The monoisotopic (exact) mass is 402 g/mol. The van der Waals surface area contributed by atoms with Crippen LogP contribution in [0.4, 0.5) is 0 Å². The van der Waals surface area contributed by atoms with Gasteiger partial charge in [0.1, 0.15) is 24.7 Å². The number of rotatable bonds is 9. The summed E-state index contributed by atoms with van der Waals surface area (Å²) in [7, 11) is 1.48. The number of aliphatic hydroxyl groups excluding tert-OH is 2. The van der Waals surface area contributed by atoms with Crippen LogP contribution in [0.5, 0.6) is 5.75 Å². The Labute approximate surface area is 169 Å². The van der Waals surface area contributed by atoms with Crippen molar-refractivity contribution < 1.29 is 29.3 Å². The van der Waals surface area contributed by atoms with Crippen LogP contribution in [0, 0.1) is 0 Å². The highest BCUT2D eigenvalue weighted by molar-refractivity contribution is 5.96. The van der Waals surface area contributed by atoms with Crippen molar-refractivity contribution in [1.82, 2.24) is 10.3 Å². The highest BCUT2D eigenvalue weighted by atomic mass is 16.5. The first-order valence-corrected chi connectivity index (χ1v) is 9.26. The molecule has 1 amide bonds. The molecule has 0 radical (unpaired) electrons. The lowest BCUT2D eigenvalue weighted by Gasteiger charge is -2.11. The lowest BCUT2D eigenvalue weighted by Crippen LogP contribution is -2.21. The molecule has 0 fully saturated rings. The molecule has 156 valence electrons. The summed E-state index contributed by atoms with van der Waals surface area (Å²) in [5.74, 6) is -0.471. The number of nitrogens with one attached hydrogen (secondary N) is 1. The first-order chi connectivity index (χ1) is 13.8. The zero-order valence-electron chi connectivity index (χ0n) is 16.7. The fourth-order valence-electron chi connectivity index (χ4n) is 2.49. The summed E-state index contributed by atoms with van der Waals surface area (Å²) < 4.78 is 10.6. The molecule has 1 aromatic carbocycles. The number of esters is 1. The van der Waals surface area contributed by atoms with Gasteiger partial charge in [-0.1, -0.05) is 12.1 Å². The second-order valence-corrected chi connectivity index (χ2v) is 6.74. The molecule has 0 aliphatic carbocycles. The molecule has 1 aromatic heterocycles. The SMILES string of the molecule is CNC(=O)c1cc(C(=O)OCC(C)O)cc(Cc2cccc(OCC(C)O)c2)n1. The highest BCUT2D eigenvalue weighted by Gasteiger charge is 2.16. The van der Waals surface area contributed by atoms with Crippen LogP contribution in [0.3, 0.4) is 0 Å². The molecule has 0 saturated heterocycles. The van der Waals surface area contributed by atoms with E-state index >= 15 is 0 Å². The van der Waals surface area contributed by atoms with Crippen molar-refractivity contribution >= 4 is 11.9 Å². The lowest BCUT2D eigenvalue weighted by atomic mass is 10.1. The van der Waals surface area contributed by atoms with Crippen LogP contribution in [0.1, 0.15) is 46.0 Å². The molecule has 2 atom stereocenters. The fraction of sp³-hybridized carbons (Fsp3) is 0.381. The number of benzene rings is 1. The van der Waals surface area contributed by atoms with Crippen molar-refractivity contribution in [2.24, 2.45) is 0 Å².